The van der Waals surface area contributed by atoms with Gasteiger partial charge in [-0.15, -0.1) is 0 Å². The Kier molecular flexibility index (Phi) is 6.30. The van der Waals surface area contributed by atoms with E-state index in [2.05, 4.69) is 17.0 Å². The van der Waals surface area contributed by atoms with E-state index in [-0.39, 0.29) is 5.76 Å². The Bertz CT molecular complexity index is 1100. The van der Waals surface area contributed by atoms with Gasteiger partial charge in [-0.25, -0.2) is 4.98 Å². The summed E-state index contributed by atoms with van der Waals surface area (Å²) in [5, 5.41) is 11.5. The van der Waals surface area contributed by atoms with Crippen LogP contribution in [0, 0.1) is 24.0 Å². The zero-order chi connectivity index (χ0) is 22.0. The molecule has 1 fully saturated rings. The van der Waals surface area contributed by atoms with Gasteiger partial charge in [0.2, 0.25) is 0 Å². The molecule has 3 aromatic rings. The van der Waals surface area contributed by atoms with E-state index in [1.54, 1.807) is 4.90 Å². The Morgan fingerprint density at radius 3 is 2.77 bits per heavy atom. The molecule has 4 rings (SSSR count). The third kappa shape index (κ3) is 4.76. The minimum atomic E-state index is -0.649. The van der Waals surface area contributed by atoms with Crippen LogP contribution in [0.5, 0.6) is 0 Å². The first-order valence-electron chi connectivity index (χ1n) is 10.2. The van der Waals surface area contributed by atoms with Crippen molar-refractivity contribution in [2.24, 2.45) is 0 Å². The van der Waals surface area contributed by atoms with Crippen LogP contribution in [0.25, 0.3) is 10.2 Å². The summed E-state index contributed by atoms with van der Waals surface area (Å²) < 4.78 is 11.6. The molecule has 0 aliphatic carbocycles. The monoisotopic (exact) mass is 444 g/mol. The van der Waals surface area contributed by atoms with E-state index >= 15 is 0 Å². The number of aromatic nitrogens is 1. The SMILES string of the molecule is Cc1cc(C)c2nc(N(CCCN3CCOCC3)C(=O)c3ccc([N+](=O)[O-])o3)sc2c1. The fourth-order valence-corrected chi connectivity index (χ4v) is 4.88. The lowest BCUT2D eigenvalue weighted by Crippen LogP contribution is -2.39. The first-order chi connectivity index (χ1) is 14.9. The topological polar surface area (TPSA) is 102 Å². The van der Waals surface area contributed by atoms with Crippen LogP contribution in [0.1, 0.15) is 28.1 Å². The van der Waals surface area contributed by atoms with Crippen molar-refractivity contribution < 1.29 is 18.9 Å². The minimum absolute atomic E-state index is 0.0646. The molecule has 0 N–H and O–H groups in total. The molecule has 1 aromatic carbocycles. The van der Waals surface area contributed by atoms with E-state index in [9.17, 15) is 14.9 Å². The Morgan fingerprint density at radius 1 is 1.29 bits per heavy atom. The average Bonchev–Trinajstić information content (AvgIpc) is 3.39. The summed E-state index contributed by atoms with van der Waals surface area (Å²) in [5.41, 5.74) is 3.04. The maximum atomic E-state index is 13.2. The second-order valence-corrected chi connectivity index (χ2v) is 8.59. The molecule has 0 saturated carbocycles. The van der Waals surface area contributed by atoms with Gasteiger partial charge < -0.3 is 9.15 Å². The quantitative estimate of drug-likeness (QED) is 0.404. The predicted octanol–water partition coefficient (Wildman–Crippen LogP) is 3.78. The van der Waals surface area contributed by atoms with Crippen LogP contribution in [0.15, 0.2) is 28.7 Å². The molecule has 0 unspecified atom stereocenters. The number of furan rings is 1. The summed E-state index contributed by atoms with van der Waals surface area (Å²) in [6, 6.07) is 6.66. The number of anilines is 1. The normalized spacial score (nSPS) is 14.8. The van der Waals surface area contributed by atoms with Gasteiger partial charge in [0.1, 0.15) is 4.92 Å². The Morgan fingerprint density at radius 2 is 2.06 bits per heavy atom. The van der Waals surface area contributed by atoms with E-state index in [4.69, 9.17) is 14.1 Å². The number of hydrogen-bond donors (Lipinski definition) is 0. The van der Waals surface area contributed by atoms with Crippen LogP contribution in [0.2, 0.25) is 0 Å². The number of nitrogens with zero attached hydrogens (tertiary/aromatic N) is 4. The molecule has 1 aliphatic heterocycles. The molecule has 10 heteroatoms. The number of aryl methyl sites for hydroxylation is 2. The number of carbonyl (C=O) groups is 1. The van der Waals surface area contributed by atoms with E-state index in [1.165, 1.54) is 23.5 Å². The summed E-state index contributed by atoms with van der Waals surface area (Å²) >= 11 is 1.44. The van der Waals surface area contributed by atoms with Crippen molar-refractivity contribution in [3.8, 4) is 0 Å². The molecule has 0 atom stereocenters. The number of carbonyl (C=O) groups excluding carboxylic acids is 1. The molecule has 0 spiro atoms. The maximum absolute atomic E-state index is 13.2. The highest BCUT2D eigenvalue weighted by Gasteiger charge is 2.26. The van der Waals surface area contributed by atoms with Gasteiger partial charge in [-0.05, 0) is 43.5 Å². The van der Waals surface area contributed by atoms with Crippen LogP contribution in [0.3, 0.4) is 0 Å². The summed E-state index contributed by atoms with van der Waals surface area (Å²) in [7, 11) is 0. The third-order valence-corrected chi connectivity index (χ3v) is 6.26. The van der Waals surface area contributed by atoms with Crippen molar-refractivity contribution in [1.82, 2.24) is 9.88 Å². The molecule has 3 heterocycles. The predicted molar refractivity (Wildman–Crippen MR) is 118 cm³/mol. The van der Waals surface area contributed by atoms with Crippen LogP contribution in [0.4, 0.5) is 11.0 Å². The summed E-state index contributed by atoms with van der Waals surface area (Å²) in [5.74, 6) is -0.943. The lowest BCUT2D eigenvalue weighted by atomic mass is 10.1. The lowest BCUT2D eigenvalue weighted by molar-refractivity contribution is -0.402. The van der Waals surface area contributed by atoms with Crippen molar-refractivity contribution in [3.63, 3.8) is 0 Å². The maximum Gasteiger partial charge on any atom is 0.433 e. The van der Waals surface area contributed by atoms with Crippen LogP contribution in [-0.2, 0) is 4.74 Å². The summed E-state index contributed by atoms with van der Waals surface area (Å²) in [6.45, 7) is 8.47. The van der Waals surface area contributed by atoms with E-state index < -0.39 is 16.7 Å². The zero-order valence-electron chi connectivity index (χ0n) is 17.5. The number of thiazole rings is 1. The van der Waals surface area contributed by atoms with Crippen LogP contribution >= 0.6 is 11.3 Å². The molecule has 9 nitrogen and oxygen atoms in total. The Hall–Kier alpha value is -2.82. The number of amides is 1. The highest BCUT2D eigenvalue weighted by atomic mass is 32.1. The molecule has 1 amide bonds. The highest BCUT2D eigenvalue weighted by molar-refractivity contribution is 7.22. The van der Waals surface area contributed by atoms with Gasteiger partial charge in [0.25, 0.3) is 5.91 Å². The standard InChI is InChI=1S/C21H24N4O5S/c1-14-12-15(2)19-17(13-14)31-21(22-19)24(7-3-6-23-8-10-29-11-9-23)20(26)16-4-5-18(30-16)25(27)28/h4-5,12-13H,3,6-11H2,1-2H3. The second kappa shape index (κ2) is 9.13. The van der Waals surface area contributed by atoms with Gasteiger partial charge in [0, 0.05) is 26.2 Å². The van der Waals surface area contributed by atoms with Crippen molar-refractivity contribution in [1.29, 1.82) is 0 Å². The molecule has 164 valence electrons. The van der Waals surface area contributed by atoms with Gasteiger partial charge in [-0.3, -0.25) is 24.7 Å². The number of hydrogen-bond acceptors (Lipinski definition) is 8. The van der Waals surface area contributed by atoms with Gasteiger partial charge in [-0.2, -0.15) is 0 Å². The molecular weight excluding hydrogens is 420 g/mol. The number of rotatable bonds is 7. The Labute approximate surface area is 183 Å². The molecular formula is C21H24N4O5S. The number of benzene rings is 1. The van der Waals surface area contributed by atoms with Crippen LogP contribution < -0.4 is 4.90 Å². The smallest absolute Gasteiger partial charge is 0.395 e. The highest BCUT2D eigenvalue weighted by Crippen LogP contribution is 2.33. The first-order valence-corrected chi connectivity index (χ1v) is 11.0. The molecule has 2 aromatic heterocycles. The molecule has 31 heavy (non-hydrogen) atoms. The van der Waals surface area contributed by atoms with Gasteiger partial charge >= 0.3 is 5.88 Å². The fraction of sp³-hybridized carbons (Fsp3) is 0.429. The average molecular weight is 445 g/mol. The molecule has 1 aliphatic rings. The third-order valence-electron chi connectivity index (χ3n) is 5.24. The van der Waals surface area contributed by atoms with E-state index in [1.807, 2.05) is 13.8 Å². The van der Waals surface area contributed by atoms with Crippen molar-refractivity contribution >= 4 is 38.5 Å². The lowest BCUT2D eigenvalue weighted by Gasteiger charge is -2.27. The fourth-order valence-electron chi connectivity index (χ4n) is 3.71. The zero-order valence-corrected chi connectivity index (χ0v) is 18.3. The van der Waals surface area contributed by atoms with Crippen molar-refractivity contribution in [3.05, 3.63) is 51.3 Å². The van der Waals surface area contributed by atoms with Gasteiger partial charge in [0.15, 0.2) is 10.9 Å². The summed E-state index contributed by atoms with van der Waals surface area (Å²) in [4.78, 5) is 32.2. The number of morpholine rings is 1. The van der Waals surface area contributed by atoms with Crippen molar-refractivity contribution in [2.45, 2.75) is 20.3 Å². The summed E-state index contributed by atoms with van der Waals surface area (Å²) in [6.07, 6.45) is 0.739. The molecule has 1 saturated heterocycles. The Balaban J connectivity index is 1.60. The van der Waals surface area contributed by atoms with Crippen LogP contribution in [-0.4, -0.2) is 60.1 Å². The number of ether oxygens (including phenoxy) is 1. The first kappa shape index (κ1) is 21.4. The second-order valence-electron chi connectivity index (χ2n) is 7.58. The van der Waals surface area contributed by atoms with Gasteiger partial charge in [0.05, 0.1) is 29.5 Å². The van der Waals surface area contributed by atoms with E-state index in [0.29, 0.717) is 11.7 Å². The molecule has 0 bridgehead atoms. The largest absolute Gasteiger partial charge is 0.433 e. The van der Waals surface area contributed by atoms with E-state index in [0.717, 1.165) is 60.6 Å². The van der Waals surface area contributed by atoms with Gasteiger partial charge in [-0.1, -0.05) is 17.4 Å². The van der Waals surface area contributed by atoms with Crippen molar-refractivity contribution in [2.75, 3.05) is 44.3 Å². The number of nitro groups is 1. The number of fused-ring (bicyclic) bond motifs is 1. The minimum Gasteiger partial charge on any atom is -0.395 e. The molecule has 0 radical (unpaired) electrons.